The summed E-state index contributed by atoms with van der Waals surface area (Å²) in [7, 11) is 0. The Kier molecular flexibility index (Phi) is 3.82. The third-order valence-corrected chi connectivity index (χ3v) is 4.11. The van der Waals surface area contributed by atoms with E-state index in [4.69, 9.17) is 5.73 Å². The van der Waals surface area contributed by atoms with E-state index in [2.05, 4.69) is 0 Å². The topological polar surface area (TPSA) is 26.0 Å². The normalized spacial score (nSPS) is 24.9. The van der Waals surface area contributed by atoms with Crippen molar-refractivity contribution in [3.63, 3.8) is 0 Å². The first-order valence-corrected chi connectivity index (χ1v) is 6.58. The average molecular weight is 235 g/mol. The number of halogens is 1. The first-order chi connectivity index (χ1) is 8.11. The number of nitrogens with two attached hydrogens (primary N) is 1. The minimum atomic E-state index is -0.0515. The summed E-state index contributed by atoms with van der Waals surface area (Å²) in [6, 6.07) is 4.05. The van der Waals surface area contributed by atoms with Gasteiger partial charge in [0.25, 0.3) is 0 Å². The Hall–Kier alpha value is -0.890. The maximum atomic E-state index is 13.6. The number of benzene rings is 1. The van der Waals surface area contributed by atoms with Gasteiger partial charge >= 0.3 is 0 Å². The zero-order chi connectivity index (χ0) is 12.4. The largest absolute Gasteiger partial charge is 0.330 e. The second-order valence-corrected chi connectivity index (χ2v) is 5.42. The van der Waals surface area contributed by atoms with Crippen LogP contribution in [0.2, 0.25) is 0 Å². The van der Waals surface area contributed by atoms with E-state index in [0.717, 1.165) is 17.7 Å². The smallest absolute Gasteiger partial charge is 0.129 e. The number of aryl methyl sites for hydroxylation is 2. The molecule has 1 aliphatic rings. The van der Waals surface area contributed by atoms with E-state index in [1.165, 1.54) is 31.2 Å². The lowest BCUT2D eigenvalue weighted by atomic mass is 9.78. The lowest BCUT2D eigenvalue weighted by Gasteiger charge is -2.28. The molecule has 2 N–H and O–H groups in total. The Labute approximate surface area is 103 Å². The van der Waals surface area contributed by atoms with Gasteiger partial charge in [0.15, 0.2) is 0 Å². The van der Waals surface area contributed by atoms with Gasteiger partial charge in [-0.3, -0.25) is 0 Å². The molecule has 0 aromatic heterocycles. The summed E-state index contributed by atoms with van der Waals surface area (Å²) in [6.45, 7) is 4.53. The van der Waals surface area contributed by atoms with Crippen LogP contribution >= 0.6 is 0 Å². The molecule has 2 rings (SSSR count). The van der Waals surface area contributed by atoms with Crippen LogP contribution in [-0.4, -0.2) is 6.54 Å². The van der Waals surface area contributed by atoms with Crippen LogP contribution in [0.15, 0.2) is 12.1 Å². The predicted octanol–water partition coefficient (Wildman–Crippen LogP) is 3.68. The third-order valence-electron chi connectivity index (χ3n) is 4.11. The fourth-order valence-electron chi connectivity index (χ4n) is 2.95. The van der Waals surface area contributed by atoms with E-state index in [9.17, 15) is 4.39 Å². The zero-order valence-electron chi connectivity index (χ0n) is 10.8. The van der Waals surface area contributed by atoms with Crippen molar-refractivity contribution in [2.24, 2.45) is 11.7 Å². The van der Waals surface area contributed by atoms with Crippen LogP contribution in [0.5, 0.6) is 0 Å². The summed E-state index contributed by atoms with van der Waals surface area (Å²) in [6.07, 6.45) is 4.84. The highest BCUT2D eigenvalue weighted by molar-refractivity contribution is 5.32. The number of rotatable bonds is 2. The monoisotopic (exact) mass is 235 g/mol. The van der Waals surface area contributed by atoms with Gasteiger partial charge in [-0.2, -0.15) is 0 Å². The van der Waals surface area contributed by atoms with E-state index < -0.39 is 0 Å². The lowest BCUT2D eigenvalue weighted by molar-refractivity contribution is 0.332. The minimum Gasteiger partial charge on any atom is -0.330 e. The highest BCUT2D eigenvalue weighted by Crippen LogP contribution is 2.36. The van der Waals surface area contributed by atoms with Crippen molar-refractivity contribution in [3.05, 3.63) is 34.6 Å². The molecule has 0 radical (unpaired) electrons. The van der Waals surface area contributed by atoms with E-state index in [1.807, 2.05) is 26.0 Å². The first kappa shape index (κ1) is 12.6. The Morgan fingerprint density at radius 1 is 1.12 bits per heavy atom. The molecular formula is C15H22FN. The predicted molar refractivity (Wildman–Crippen MR) is 69.6 cm³/mol. The van der Waals surface area contributed by atoms with E-state index in [0.29, 0.717) is 11.8 Å². The quantitative estimate of drug-likeness (QED) is 0.831. The molecule has 1 nitrogen and oxygen atoms in total. The average Bonchev–Trinajstić information content (AvgIpc) is 2.35. The third kappa shape index (κ3) is 2.68. The molecule has 1 saturated carbocycles. The highest BCUT2D eigenvalue weighted by atomic mass is 19.1. The van der Waals surface area contributed by atoms with Crippen LogP contribution in [0.1, 0.15) is 48.3 Å². The van der Waals surface area contributed by atoms with Crippen molar-refractivity contribution in [3.8, 4) is 0 Å². The summed E-state index contributed by atoms with van der Waals surface area (Å²) in [4.78, 5) is 0. The van der Waals surface area contributed by atoms with Gasteiger partial charge in [-0.25, -0.2) is 4.39 Å². The molecule has 0 unspecified atom stereocenters. The van der Waals surface area contributed by atoms with Crippen LogP contribution in [0.3, 0.4) is 0 Å². The number of hydrogen-bond donors (Lipinski definition) is 1. The second-order valence-electron chi connectivity index (χ2n) is 5.42. The van der Waals surface area contributed by atoms with Crippen LogP contribution in [0, 0.1) is 25.6 Å². The molecule has 0 atom stereocenters. The molecule has 0 bridgehead atoms. The van der Waals surface area contributed by atoms with Gasteiger partial charge in [-0.1, -0.05) is 12.1 Å². The van der Waals surface area contributed by atoms with Crippen molar-refractivity contribution in [2.45, 2.75) is 45.4 Å². The Balaban J connectivity index is 2.13. The van der Waals surface area contributed by atoms with Crippen LogP contribution in [0.25, 0.3) is 0 Å². The summed E-state index contributed by atoms with van der Waals surface area (Å²) in [5, 5.41) is 0. The van der Waals surface area contributed by atoms with Gasteiger partial charge in [-0.05, 0) is 74.6 Å². The zero-order valence-corrected chi connectivity index (χ0v) is 10.8. The van der Waals surface area contributed by atoms with E-state index >= 15 is 0 Å². The van der Waals surface area contributed by atoms with Gasteiger partial charge in [0.05, 0.1) is 0 Å². The highest BCUT2D eigenvalue weighted by Gasteiger charge is 2.22. The van der Waals surface area contributed by atoms with Crippen LogP contribution in [0.4, 0.5) is 4.39 Å². The van der Waals surface area contributed by atoms with Gasteiger partial charge in [0, 0.05) is 0 Å². The van der Waals surface area contributed by atoms with Crippen molar-refractivity contribution in [1.29, 1.82) is 0 Å². The lowest BCUT2D eigenvalue weighted by Crippen LogP contribution is -2.20. The maximum absolute atomic E-state index is 13.6. The molecule has 0 heterocycles. The molecule has 2 heteroatoms. The fourth-order valence-corrected chi connectivity index (χ4v) is 2.95. The summed E-state index contributed by atoms with van der Waals surface area (Å²) < 4.78 is 13.6. The van der Waals surface area contributed by atoms with Gasteiger partial charge < -0.3 is 5.73 Å². The molecule has 1 aromatic carbocycles. The summed E-state index contributed by atoms with van der Waals surface area (Å²) in [5.74, 6) is 1.26. The van der Waals surface area contributed by atoms with Gasteiger partial charge in [-0.15, -0.1) is 0 Å². The van der Waals surface area contributed by atoms with Crippen molar-refractivity contribution >= 4 is 0 Å². The first-order valence-electron chi connectivity index (χ1n) is 6.58. The van der Waals surface area contributed by atoms with E-state index in [-0.39, 0.29) is 5.82 Å². The Bertz CT molecular complexity index is 369. The minimum absolute atomic E-state index is 0.0515. The molecule has 1 aliphatic carbocycles. The fraction of sp³-hybridized carbons (Fsp3) is 0.600. The van der Waals surface area contributed by atoms with Crippen molar-refractivity contribution in [1.82, 2.24) is 0 Å². The standard InChI is InChI=1S/C15H22FN/c1-10-7-14(8-11(2)15(10)16)13-5-3-12(9-17)4-6-13/h7-8,12-13H,3-6,9,17H2,1-2H3. The molecule has 0 spiro atoms. The van der Waals surface area contributed by atoms with Crippen molar-refractivity contribution in [2.75, 3.05) is 6.54 Å². The van der Waals surface area contributed by atoms with Crippen LogP contribution < -0.4 is 5.73 Å². The van der Waals surface area contributed by atoms with Crippen LogP contribution in [-0.2, 0) is 0 Å². The molecule has 0 amide bonds. The molecule has 0 saturated heterocycles. The summed E-state index contributed by atoms with van der Waals surface area (Å²) >= 11 is 0. The molecule has 17 heavy (non-hydrogen) atoms. The molecule has 94 valence electrons. The maximum Gasteiger partial charge on any atom is 0.129 e. The Morgan fingerprint density at radius 3 is 2.12 bits per heavy atom. The number of hydrogen-bond acceptors (Lipinski definition) is 1. The van der Waals surface area contributed by atoms with E-state index in [1.54, 1.807) is 0 Å². The molecule has 0 aliphatic heterocycles. The Morgan fingerprint density at radius 2 is 1.65 bits per heavy atom. The molecule has 1 aromatic rings. The summed E-state index contributed by atoms with van der Waals surface area (Å²) in [5.41, 5.74) is 8.58. The second kappa shape index (κ2) is 5.18. The molecular weight excluding hydrogens is 213 g/mol. The molecule has 1 fully saturated rings. The SMILES string of the molecule is Cc1cc(C2CCC(CN)CC2)cc(C)c1F. The van der Waals surface area contributed by atoms with Gasteiger partial charge in [0.2, 0.25) is 0 Å². The van der Waals surface area contributed by atoms with Gasteiger partial charge in [0.1, 0.15) is 5.82 Å². The van der Waals surface area contributed by atoms with Crippen molar-refractivity contribution < 1.29 is 4.39 Å².